The fourth-order valence-corrected chi connectivity index (χ4v) is 4.22. The van der Waals surface area contributed by atoms with Crippen LogP contribution in [0.4, 0.5) is 11.4 Å². The summed E-state index contributed by atoms with van der Waals surface area (Å²) in [6.07, 6.45) is 2.21. The molecule has 0 aliphatic carbocycles. The van der Waals surface area contributed by atoms with E-state index in [2.05, 4.69) is 0 Å². The Balaban J connectivity index is 1.64. The number of nitrogens with zero attached hydrogens (tertiary/aromatic N) is 2. The Morgan fingerprint density at radius 1 is 1.09 bits per heavy atom. The van der Waals surface area contributed by atoms with Crippen LogP contribution in [0.25, 0.3) is 5.76 Å². The Hall–Kier alpha value is -4.00. The lowest BCUT2D eigenvalue weighted by atomic mass is 9.98. The Bertz CT molecular complexity index is 1230. The van der Waals surface area contributed by atoms with Crippen LogP contribution in [0.15, 0.2) is 70.9 Å². The molecule has 1 aromatic heterocycles. The van der Waals surface area contributed by atoms with E-state index in [1.54, 1.807) is 42.5 Å². The number of carbonyl (C=O) groups is 2. The lowest BCUT2D eigenvalue weighted by molar-refractivity contribution is -0.132. The van der Waals surface area contributed by atoms with Crippen LogP contribution in [-0.2, 0) is 16.0 Å². The molecular weight excluding hydrogens is 408 g/mol. The predicted octanol–water partition coefficient (Wildman–Crippen LogP) is 3.91. The molecule has 1 saturated heterocycles. The van der Waals surface area contributed by atoms with Crippen molar-refractivity contribution in [3.8, 4) is 5.75 Å². The van der Waals surface area contributed by atoms with Gasteiger partial charge in [-0.15, -0.1) is 0 Å². The first-order valence-electron chi connectivity index (χ1n) is 10.3. The van der Waals surface area contributed by atoms with E-state index >= 15 is 0 Å². The van der Waals surface area contributed by atoms with Gasteiger partial charge in [-0.1, -0.05) is 0 Å². The van der Waals surface area contributed by atoms with Crippen LogP contribution < -0.4 is 14.5 Å². The van der Waals surface area contributed by atoms with E-state index < -0.39 is 17.7 Å². The predicted molar refractivity (Wildman–Crippen MR) is 120 cm³/mol. The molecule has 7 nitrogen and oxygen atoms in total. The van der Waals surface area contributed by atoms with Gasteiger partial charge in [-0.3, -0.25) is 14.5 Å². The standard InChI is InChI=1S/C25H22N2O5/c1-26(2)17-6-8-18(9-7-17)27-22(20-4-3-12-31-20)21(24(29)25(27)30)23(28)16-5-10-19-15(14-16)11-13-32-19/h3-10,12,14,22,28H,11,13H2,1-2H3/b23-21-. The van der Waals surface area contributed by atoms with E-state index in [-0.39, 0.29) is 11.3 Å². The van der Waals surface area contributed by atoms with Gasteiger partial charge < -0.3 is 19.2 Å². The van der Waals surface area contributed by atoms with E-state index in [4.69, 9.17) is 9.15 Å². The number of anilines is 2. The average molecular weight is 430 g/mol. The van der Waals surface area contributed by atoms with Crippen LogP contribution in [-0.4, -0.2) is 37.5 Å². The number of Topliss-reactive ketones (excluding diaryl/α,β-unsaturated/α-hetero) is 1. The van der Waals surface area contributed by atoms with E-state index in [1.807, 2.05) is 31.1 Å². The Labute approximate surface area is 185 Å². The molecule has 0 bridgehead atoms. The highest BCUT2D eigenvalue weighted by atomic mass is 16.5. The number of benzene rings is 2. The Morgan fingerprint density at radius 3 is 2.56 bits per heavy atom. The van der Waals surface area contributed by atoms with Crippen LogP contribution in [0.5, 0.6) is 5.75 Å². The number of aliphatic hydroxyl groups is 1. The third-order valence-corrected chi connectivity index (χ3v) is 5.86. The summed E-state index contributed by atoms with van der Waals surface area (Å²) in [7, 11) is 3.84. The number of furan rings is 1. The summed E-state index contributed by atoms with van der Waals surface area (Å²) in [6.45, 7) is 0.583. The van der Waals surface area contributed by atoms with Crippen LogP contribution in [0.3, 0.4) is 0 Å². The molecule has 2 aliphatic heterocycles. The molecule has 3 heterocycles. The monoisotopic (exact) mass is 430 g/mol. The first-order chi connectivity index (χ1) is 15.5. The van der Waals surface area contributed by atoms with E-state index in [0.717, 1.165) is 23.4 Å². The number of amides is 1. The summed E-state index contributed by atoms with van der Waals surface area (Å²) >= 11 is 0. The van der Waals surface area contributed by atoms with Gasteiger partial charge in [0, 0.05) is 37.5 Å². The van der Waals surface area contributed by atoms with Gasteiger partial charge in [-0.25, -0.2) is 0 Å². The van der Waals surface area contributed by atoms with Crippen molar-refractivity contribution < 1.29 is 23.8 Å². The minimum atomic E-state index is -0.875. The maximum atomic E-state index is 13.1. The quantitative estimate of drug-likeness (QED) is 0.384. The molecule has 5 rings (SSSR count). The number of aliphatic hydroxyl groups excluding tert-OH is 1. The van der Waals surface area contributed by atoms with Crippen molar-refractivity contribution in [2.75, 3.05) is 30.5 Å². The summed E-state index contributed by atoms with van der Waals surface area (Å²) in [6, 6.07) is 15.1. The fourth-order valence-electron chi connectivity index (χ4n) is 4.22. The SMILES string of the molecule is CN(C)c1ccc(N2C(=O)C(=O)/C(=C(\O)c3ccc4c(c3)CCO4)C2c2ccco2)cc1. The van der Waals surface area contributed by atoms with Gasteiger partial charge in [0.15, 0.2) is 0 Å². The molecule has 2 aliphatic rings. The third-order valence-electron chi connectivity index (χ3n) is 5.86. The summed E-state index contributed by atoms with van der Waals surface area (Å²) in [5, 5.41) is 11.2. The normalized spacial score (nSPS) is 19.2. The highest BCUT2D eigenvalue weighted by Crippen LogP contribution is 2.43. The van der Waals surface area contributed by atoms with Crippen LogP contribution in [0, 0.1) is 0 Å². The van der Waals surface area contributed by atoms with Crippen LogP contribution in [0.1, 0.15) is 22.9 Å². The largest absolute Gasteiger partial charge is 0.507 e. The zero-order valence-electron chi connectivity index (χ0n) is 17.7. The molecule has 0 radical (unpaired) electrons. The average Bonchev–Trinajstić information content (AvgIpc) is 3.53. The van der Waals surface area contributed by atoms with Gasteiger partial charge in [-0.05, 0) is 60.2 Å². The molecule has 0 saturated carbocycles. The maximum Gasteiger partial charge on any atom is 0.300 e. The number of ether oxygens (including phenoxy) is 1. The molecule has 1 N–H and O–H groups in total. The molecule has 0 spiro atoms. The van der Waals surface area contributed by atoms with Gasteiger partial charge >= 0.3 is 0 Å². The molecular formula is C25H22N2O5. The second-order valence-corrected chi connectivity index (χ2v) is 8.02. The minimum Gasteiger partial charge on any atom is -0.507 e. The van der Waals surface area contributed by atoms with E-state index in [9.17, 15) is 14.7 Å². The zero-order chi connectivity index (χ0) is 22.4. The molecule has 3 aromatic rings. The van der Waals surface area contributed by atoms with Crippen molar-refractivity contribution in [2.24, 2.45) is 0 Å². The third kappa shape index (κ3) is 3.13. The maximum absolute atomic E-state index is 13.1. The number of hydrogen-bond acceptors (Lipinski definition) is 6. The zero-order valence-corrected chi connectivity index (χ0v) is 17.7. The highest BCUT2D eigenvalue weighted by molar-refractivity contribution is 6.51. The van der Waals surface area contributed by atoms with Crippen molar-refractivity contribution >= 4 is 28.8 Å². The van der Waals surface area contributed by atoms with E-state index in [1.165, 1.54) is 11.2 Å². The van der Waals surface area contributed by atoms with Gasteiger partial charge in [0.2, 0.25) is 0 Å². The van der Waals surface area contributed by atoms with Crippen LogP contribution >= 0.6 is 0 Å². The van der Waals surface area contributed by atoms with E-state index in [0.29, 0.717) is 23.6 Å². The Kier molecular flexibility index (Phi) is 4.74. The molecule has 1 atom stereocenters. The van der Waals surface area contributed by atoms with Gasteiger partial charge in [0.1, 0.15) is 23.3 Å². The molecule has 2 aromatic carbocycles. The van der Waals surface area contributed by atoms with Gasteiger partial charge in [0.05, 0.1) is 18.4 Å². The topological polar surface area (TPSA) is 83.2 Å². The van der Waals surface area contributed by atoms with Crippen molar-refractivity contribution in [3.05, 3.63) is 83.3 Å². The fraction of sp³-hybridized carbons (Fsp3) is 0.200. The molecule has 1 fully saturated rings. The lowest BCUT2D eigenvalue weighted by Crippen LogP contribution is -2.29. The van der Waals surface area contributed by atoms with Crippen LogP contribution in [0.2, 0.25) is 0 Å². The second kappa shape index (κ2) is 7.60. The van der Waals surface area contributed by atoms with Gasteiger partial charge in [-0.2, -0.15) is 0 Å². The number of fused-ring (bicyclic) bond motifs is 1. The summed E-state index contributed by atoms with van der Waals surface area (Å²) in [5.74, 6) is -0.531. The minimum absolute atomic E-state index is 0.000464. The number of carbonyl (C=O) groups excluding carboxylic acids is 2. The smallest absolute Gasteiger partial charge is 0.300 e. The summed E-state index contributed by atoms with van der Waals surface area (Å²) < 4.78 is 11.1. The number of hydrogen-bond donors (Lipinski definition) is 1. The Morgan fingerprint density at radius 2 is 1.88 bits per heavy atom. The summed E-state index contributed by atoms with van der Waals surface area (Å²) in [5.41, 5.74) is 2.92. The highest BCUT2D eigenvalue weighted by Gasteiger charge is 2.48. The molecule has 162 valence electrons. The van der Waals surface area contributed by atoms with Crippen molar-refractivity contribution in [3.63, 3.8) is 0 Å². The lowest BCUT2D eigenvalue weighted by Gasteiger charge is -2.24. The second-order valence-electron chi connectivity index (χ2n) is 8.02. The first kappa shape index (κ1) is 19.9. The molecule has 32 heavy (non-hydrogen) atoms. The first-order valence-corrected chi connectivity index (χ1v) is 10.3. The molecule has 1 unspecified atom stereocenters. The van der Waals surface area contributed by atoms with Gasteiger partial charge in [0.25, 0.3) is 11.7 Å². The summed E-state index contributed by atoms with van der Waals surface area (Å²) in [4.78, 5) is 29.6. The molecule has 1 amide bonds. The molecule has 7 heteroatoms. The van der Waals surface area contributed by atoms with Crippen molar-refractivity contribution in [1.29, 1.82) is 0 Å². The number of rotatable bonds is 4. The van der Waals surface area contributed by atoms with Crippen molar-refractivity contribution in [2.45, 2.75) is 12.5 Å². The number of ketones is 1. The van der Waals surface area contributed by atoms with Crippen molar-refractivity contribution in [1.82, 2.24) is 0 Å².